The van der Waals surface area contributed by atoms with Gasteiger partial charge >= 0.3 is 5.97 Å². The lowest BCUT2D eigenvalue weighted by Gasteiger charge is -2.24. The fraction of sp³-hybridized carbons (Fsp3) is 0.438. The molecule has 1 atom stereocenters. The van der Waals surface area contributed by atoms with E-state index in [1.54, 1.807) is 13.2 Å². The van der Waals surface area contributed by atoms with Crippen LogP contribution in [0.25, 0.3) is 0 Å². The lowest BCUT2D eigenvalue weighted by molar-refractivity contribution is -0.138. The monoisotopic (exact) mass is 573 g/mol. The summed E-state index contributed by atoms with van der Waals surface area (Å²) in [6, 6.07) is 14.6. The number of amidine groups is 1. The number of carbonyl (C=O) groups is 1. The molecule has 42 heavy (non-hydrogen) atoms. The molecule has 0 saturated carbocycles. The highest BCUT2D eigenvalue weighted by Crippen LogP contribution is 2.21. The number of hydrogen-bond donors (Lipinski definition) is 4. The molecule has 2 aromatic heterocycles. The molecule has 0 saturated heterocycles. The van der Waals surface area contributed by atoms with Crippen molar-refractivity contribution >= 4 is 23.3 Å². The number of nitrogens with zero attached hydrogens (tertiary/aromatic N) is 4. The van der Waals surface area contributed by atoms with Gasteiger partial charge in [-0.3, -0.25) is 14.9 Å². The average molecular weight is 574 g/mol. The fourth-order valence-electron chi connectivity index (χ4n) is 5.10. The maximum atomic E-state index is 12.1. The number of pyridine rings is 2. The number of aryl methyl sites for hydroxylation is 3. The molecular weight excluding hydrogens is 530 g/mol. The number of rotatable bonds is 16. The zero-order chi connectivity index (χ0) is 29.7. The normalized spacial score (nSPS) is 13.7. The van der Waals surface area contributed by atoms with E-state index in [4.69, 9.17) is 15.5 Å². The molecule has 0 bridgehead atoms. The lowest BCUT2D eigenvalue weighted by atomic mass is 10.1. The number of nitrogens with one attached hydrogen (secondary N) is 2. The number of unbranched alkanes of at least 4 members (excludes halogenated alkanes) is 1. The molecule has 10 heteroatoms. The maximum Gasteiger partial charge on any atom is 0.328 e. The van der Waals surface area contributed by atoms with Crippen LogP contribution in [0.1, 0.15) is 48.2 Å². The SMILES string of the molecule is CNc1ccccc1C(N)=N[C@@H](CCN(CCCCc1ccc2c(n1)NCCC2)CCOc1cccnc1C)C(=O)O. The molecule has 0 unspecified atom stereocenters. The second-order valence-electron chi connectivity index (χ2n) is 10.5. The number of fused-ring (bicyclic) bond motifs is 1. The van der Waals surface area contributed by atoms with Crippen molar-refractivity contribution in [3.05, 3.63) is 77.2 Å². The first kappa shape index (κ1) is 30.8. The Morgan fingerprint density at radius 3 is 2.83 bits per heavy atom. The van der Waals surface area contributed by atoms with Crippen molar-refractivity contribution in [2.45, 2.75) is 51.5 Å². The third kappa shape index (κ3) is 8.91. The number of carboxylic acid groups (broad SMARTS) is 1. The molecule has 10 nitrogen and oxygen atoms in total. The van der Waals surface area contributed by atoms with E-state index in [1.807, 2.05) is 43.3 Å². The van der Waals surface area contributed by atoms with Gasteiger partial charge in [0.05, 0.1) is 5.69 Å². The van der Waals surface area contributed by atoms with Crippen molar-refractivity contribution in [1.29, 1.82) is 0 Å². The minimum atomic E-state index is -0.992. The highest BCUT2D eigenvalue weighted by Gasteiger charge is 2.20. The summed E-state index contributed by atoms with van der Waals surface area (Å²) < 4.78 is 6.01. The van der Waals surface area contributed by atoms with E-state index in [2.05, 4.69) is 37.6 Å². The van der Waals surface area contributed by atoms with Crippen LogP contribution in [0.15, 0.2) is 59.7 Å². The predicted octanol–water partition coefficient (Wildman–Crippen LogP) is 4.14. The zero-order valence-corrected chi connectivity index (χ0v) is 24.7. The first-order valence-corrected chi connectivity index (χ1v) is 14.8. The summed E-state index contributed by atoms with van der Waals surface area (Å²) in [7, 11) is 1.80. The standard InChI is InChI=1S/C32H43N7O3/c1-23-29(13-8-17-35-23)42-22-21-39(19-6-5-10-25-15-14-24-9-7-18-36-31(24)37-25)20-16-28(32(40)41)38-30(33)26-11-3-4-12-27(26)34-2/h3-4,8,11-15,17,28,34H,5-7,9-10,16,18-22H2,1-2H3,(H2,33,38)(H,36,37)(H,40,41)/t28-/m0/s1. The molecule has 3 aromatic rings. The highest BCUT2D eigenvalue weighted by atomic mass is 16.5. The van der Waals surface area contributed by atoms with Gasteiger partial charge in [0.2, 0.25) is 0 Å². The topological polar surface area (TPSA) is 138 Å². The van der Waals surface area contributed by atoms with E-state index in [1.165, 1.54) is 5.56 Å². The number of benzene rings is 1. The molecule has 0 radical (unpaired) electrons. The average Bonchev–Trinajstić information content (AvgIpc) is 3.01. The summed E-state index contributed by atoms with van der Waals surface area (Å²) in [4.78, 5) is 27.9. The molecule has 1 aliphatic rings. The van der Waals surface area contributed by atoms with Crippen LogP contribution in [0.5, 0.6) is 5.75 Å². The summed E-state index contributed by atoms with van der Waals surface area (Å²) in [6.45, 7) is 5.40. The van der Waals surface area contributed by atoms with E-state index in [-0.39, 0.29) is 5.84 Å². The molecule has 3 heterocycles. The molecule has 224 valence electrons. The third-order valence-electron chi connectivity index (χ3n) is 7.50. The number of aromatic nitrogens is 2. The van der Waals surface area contributed by atoms with Crippen LogP contribution < -0.4 is 21.1 Å². The van der Waals surface area contributed by atoms with Crippen LogP contribution in [0.4, 0.5) is 11.5 Å². The predicted molar refractivity (Wildman–Crippen MR) is 168 cm³/mol. The van der Waals surface area contributed by atoms with E-state index < -0.39 is 12.0 Å². The molecule has 5 N–H and O–H groups in total. The first-order chi connectivity index (χ1) is 20.4. The quantitative estimate of drug-likeness (QED) is 0.113. The highest BCUT2D eigenvalue weighted by molar-refractivity contribution is 6.03. The largest absolute Gasteiger partial charge is 0.490 e. The number of para-hydroxylation sites is 1. The molecule has 0 spiro atoms. The summed E-state index contributed by atoms with van der Waals surface area (Å²) in [5.74, 6) is 1.00. The Morgan fingerprint density at radius 1 is 1.17 bits per heavy atom. The van der Waals surface area contributed by atoms with Crippen molar-refractivity contribution in [3.63, 3.8) is 0 Å². The van der Waals surface area contributed by atoms with E-state index in [9.17, 15) is 9.90 Å². The first-order valence-electron chi connectivity index (χ1n) is 14.8. The Bertz CT molecular complexity index is 1350. The number of nitrogens with two attached hydrogens (primary N) is 1. The summed E-state index contributed by atoms with van der Waals surface area (Å²) in [5, 5.41) is 16.4. The van der Waals surface area contributed by atoms with Crippen molar-refractivity contribution in [2.75, 3.05) is 50.5 Å². The molecule has 0 aliphatic carbocycles. The minimum absolute atomic E-state index is 0.210. The van der Waals surface area contributed by atoms with Gasteiger partial charge in [-0.2, -0.15) is 0 Å². The van der Waals surface area contributed by atoms with E-state index >= 15 is 0 Å². The van der Waals surface area contributed by atoms with Gasteiger partial charge in [-0.25, -0.2) is 9.78 Å². The van der Waals surface area contributed by atoms with Crippen LogP contribution in [-0.4, -0.2) is 77.7 Å². The maximum absolute atomic E-state index is 12.1. The molecule has 0 amide bonds. The number of carboxylic acids is 1. The van der Waals surface area contributed by atoms with Crippen LogP contribution in [0.3, 0.4) is 0 Å². The Labute approximate surface area is 248 Å². The van der Waals surface area contributed by atoms with Crippen LogP contribution in [0.2, 0.25) is 0 Å². The molecular formula is C32H43N7O3. The zero-order valence-electron chi connectivity index (χ0n) is 24.7. The van der Waals surface area contributed by atoms with Crippen molar-refractivity contribution in [3.8, 4) is 5.75 Å². The number of ether oxygens (including phenoxy) is 1. The smallest absolute Gasteiger partial charge is 0.328 e. The van der Waals surface area contributed by atoms with Gasteiger partial charge in [0.15, 0.2) is 6.04 Å². The Hall–Kier alpha value is -4.18. The second kappa shape index (κ2) is 15.7. The number of hydrogen-bond acceptors (Lipinski definition) is 8. The fourth-order valence-corrected chi connectivity index (χ4v) is 5.10. The third-order valence-corrected chi connectivity index (χ3v) is 7.50. The van der Waals surface area contributed by atoms with Gasteiger partial charge < -0.3 is 26.2 Å². The van der Waals surface area contributed by atoms with Gasteiger partial charge in [-0.05, 0) is 87.9 Å². The van der Waals surface area contributed by atoms with Gasteiger partial charge in [0.1, 0.15) is 24.0 Å². The molecule has 4 rings (SSSR count). The number of aliphatic carboxylic acids is 1. The molecule has 1 aromatic carbocycles. The van der Waals surface area contributed by atoms with Crippen LogP contribution >= 0.6 is 0 Å². The van der Waals surface area contributed by atoms with Crippen molar-refractivity contribution in [1.82, 2.24) is 14.9 Å². The Kier molecular flexibility index (Phi) is 11.5. The summed E-state index contributed by atoms with van der Waals surface area (Å²) >= 11 is 0. The lowest BCUT2D eigenvalue weighted by Crippen LogP contribution is -2.34. The summed E-state index contributed by atoms with van der Waals surface area (Å²) in [6.07, 6.45) is 7.16. The summed E-state index contributed by atoms with van der Waals surface area (Å²) in [5.41, 5.74) is 11.0. The second-order valence-corrected chi connectivity index (χ2v) is 10.5. The van der Waals surface area contributed by atoms with E-state index in [0.29, 0.717) is 31.7 Å². The molecule has 1 aliphatic heterocycles. The van der Waals surface area contributed by atoms with Crippen molar-refractivity contribution < 1.29 is 14.6 Å². The van der Waals surface area contributed by atoms with Gasteiger partial charge in [-0.15, -0.1) is 0 Å². The number of aliphatic imine (C=N–C) groups is 1. The van der Waals surface area contributed by atoms with E-state index in [0.717, 1.165) is 73.8 Å². The minimum Gasteiger partial charge on any atom is -0.490 e. The van der Waals surface area contributed by atoms with Crippen molar-refractivity contribution in [2.24, 2.45) is 10.7 Å². The van der Waals surface area contributed by atoms with Gasteiger partial charge in [0.25, 0.3) is 0 Å². The molecule has 0 fully saturated rings. The van der Waals surface area contributed by atoms with Gasteiger partial charge in [0, 0.05) is 49.8 Å². The Morgan fingerprint density at radius 2 is 2.02 bits per heavy atom. The van der Waals surface area contributed by atoms with Crippen LogP contribution in [0, 0.1) is 6.92 Å². The number of anilines is 2. The van der Waals surface area contributed by atoms with Crippen LogP contribution in [-0.2, 0) is 17.6 Å². The van der Waals surface area contributed by atoms with Gasteiger partial charge in [-0.1, -0.05) is 18.2 Å². The Balaban J connectivity index is 1.36.